The maximum Gasteiger partial charge on any atom is 0.222 e. The first-order valence-electron chi connectivity index (χ1n) is 6.53. The van der Waals surface area contributed by atoms with Crippen LogP contribution in [0.5, 0.6) is 0 Å². The largest absolute Gasteiger partial charge is 0.394 e. The molecule has 0 radical (unpaired) electrons. The van der Waals surface area contributed by atoms with Gasteiger partial charge < -0.3 is 20.7 Å². The SMILES string of the molecule is CC#CC1(Cl)[C@@H](O)[C@@H](CO)O[C@H]1n1cnc2cnc(N)nc21. The number of hydrogen-bond acceptors (Lipinski definition) is 7. The van der Waals surface area contributed by atoms with Crippen molar-refractivity contribution >= 4 is 28.7 Å². The van der Waals surface area contributed by atoms with Gasteiger partial charge in [-0.2, -0.15) is 4.98 Å². The Morgan fingerprint density at radius 1 is 1.55 bits per heavy atom. The average Bonchev–Trinajstić information content (AvgIpc) is 3.00. The Morgan fingerprint density at radius 2 is 2.32 bits per heavy atom. The van der Waals surface area contributed by atoms with Crippen molar-refractivity contribution in [3.8, 4) is 11.8 Å². The minimum absolute atomic E-state index is 0.0771. The summed E-state index contributed by atoms with van der Waals surface area (Å²) < 4.78 is 7.20. The number of aliphatic hydroxyl groups is 2. The van der Waals surface area contributed by atoms with Crippen molar-refractivity contribution in [2.75, 3.05) is 12.3 Å². The van der Waals surface area contributed by atoms with Crippen LogP contribution < -0.4 is 5.73 Å². The number of alkyl halides is 1. The molecule has 0 aliphatic carbocycles. The van der Waals surface area contributed by atoms with Gasteiger partial charge in [0.05, 0.1) is 19.1 Å². The Hall–Kier alpha value is -1.92. The molecule has 116 valence electrons. The number of aromatic nitrogens is 4. The van der Waals surface area contributed by atoms with Crippen LogP contribution in [0.25, 0.3) is 11.2 Å². The zero-order valence-corrected chi connectivity index (χ0v) is 12.4. The molecule has 1 aliphatic heterocycles. The van der Waals surface area contributed by atoms with E-state index < -0.39 is 23.3 Å². The quantitative estimate of drug-likeness (QED) is 0.511. The summed E-state index contributed by atoms with van der Waals surface area (Å²) in [5.41, 5.74) is 6.51. The highest BCUT2D eigenvalue weighted by molar-refractivity contribution is 6.27. The van der Waals surface area contributed by atoms with Crippen LogP contribution in [-0.4, -0.2) is 53.4 Å². The Bertz CT molecular complexity index is 770. The summed E-state index contributed by atoms with van der Waals surface area (Å²) in [4.78, 5) is 10.7. The molecule has 0 aromatic carbocycles. The van der Waals surface area contributed by atoms with Gasteiger partial charge in [0, 0.05) is 0 Å². The third kappa shape index (κ3) is 2.10. The molecule has 3 rings (SSSR count). The summed E-state index contributed by atoms with van der Waals surface area (Å²) in [6, 6.07) is 0. The van der Waals surface area contributed by atoms with Crippen LogP contribution in [0.4, 0.5) is 5.95 Å². The summed E-state index contributed by atoms with van der Waals surface area (Å²) >= 11 is 6.51. The first-order valence-corrected chi connectivity index (χ1v) is 6.91. The number of nitrogen functional groups attached to an aromatic ring is 1. The molecule has 0 spiro atoms. The Kier molecular flexibility index (Phi) is 3.66. The van der Waals surface area contributed by atoms with Gasteiger partial charge in [-0.3, -0.25) is 4.57 Å². The summed E-state index contributed by atoms with van der Waals surface area (Å²) in [6.07, 6.45) is 0.0239. The zero-order chi connectivity index (χ0) is 15.9. The van der Waals surface area contributed by atoms with E-state index in [1.165, 1.54) is 17.1 Å². The van der Waals surface area contributed by atoms with Crippen molar-refractivity contribution in [3.05, 3.63) is 12.5 Å². The van der Waals surface area contributed by atoms with Crippen molar-refractivity contribution in [2.45, 2.75) is 30.2 Å². The van der Waals surface area contributed by atoms with E-state index in [4.69, 9.17) is 22.1 Å². The maximum absolute atomic E-state index is 10.3. The minimum Gasteiger partial charge on any atom is -0.394 e. The number of halogens is 1. The van der Waals surface area contributed by atoms with Crippen molar-refractivity contribution in [1.29, 1.82) is 0 Å². The van der Waals surface area contributed by atoms with E-state index in [-0.39, 0.29) is 12.6 Å². The van der Waals surface area contributed by atoms with Crippen LogP contribution in [0.15, 0.2) is 12.5 Å². The summed E-state index contributed by atoms with van der Waals surface area (Å²) in [6.45, 7) is 1.22. The molecule has 2 aromatic rings. The molecule has 22 heavy (non-hydrogen) atoms. The molecular formula is C13H14ClN5O3. The van der Waals surface area contributed by atoms with E-state index in [0.29, 0.717) is 11.2 Å². The number of fused-ring (bicyclic) bond motifs is 1. The minimum atomic E-state index is -1.44. The average molecular weight is 324 g/mol. The number of nitrogens with zero attached hydrogens (tertiary/aromatic N) is 4. The standard InChI is InChI=1S/C13H14ClN5O3/c1-2-3-13(14)9(21)8(5-20)22-11(13)19-6-17-7-4-16-12(15)18-10(7)19/h4,6,8-9,11,20-21H,5H2,1H3,(H2,15,16,18)/t8-,9+,11-,13?/m1/s1. The summed E-state index contributed by atoms with van der Waals surface area (Å²) in [5.74, 6) is 5.52. The predicted molar refractivity (Wildman–Crippen MR) is 78.8 cm³/mol. The highest BCUT2D eigenvalue weighted by Crippen LogP contribution is 2.44. The molecule has 4 N–H and O–H groups in total. The maximum atomic E-state index is 10.3. The van der Waals surface area contributed by atoms with Gasteiger partial charge in [0.25, 0.3) is 0 Å². The van der Waals surface area contributed by atoms with Crippen molar-refractivity contribution in [2.24, 2.45) is 0 Å². The van der Waals surface area contributed by atoms with Crippen LogP contribution in [0, 0.1) is 11.8 Å². The van der Waals surface area contributed by atoms with E-state index in [0.717, 1.165) is 0 Å². The number of ether oxygens (including phenoxy) is 1. The molecule has 8 nitrogen and oxygen atoms in total. The fourth-order valence-corrected chi connectivity index (χ4v) is 2.90. The Labute approximate surface area is 130 Å². The third-order valence-electron chi connectivity index (χ3n) is 3.53. The van der Waals surface area contributed by atoms with Crippen LogP contribution in [0.1, 0.15) is 13.2 Å². The number of hydrogen-bond donors (Lipinski definition) is 3. The lowest BCUT2D eigenvalue weighted by atomic mass is 9.99. The van der Waals surface area contributed by atoms with Crippen LogP contribution in [0.3, 0.4) is 0 Å². The molecule has 0 amide bonds. The van der Waals surface area contributed by atoms with E-state index in [2.05, 4.69) is 26.8 Å². The second-order valence-electron chi connectivity index (χ2n) is 4.89. The normalized spacial score (nSPS) is 31.2. The van der Waals surface area contributed by atoms with Gasteiger partial charge in [-0.1, -0.05) is 17.5 Å². The van der Waals surface area contributed by atoms with Gasteiger partial charge in [-0.15, -0.1) is 5.92 Å². The molecule has 1 fully saturated rings. The Balaban J connectivity index is 2.14. The monoisotopic (exact) mass is 323 g/mol. The van der Waals surface area contributed by atoms with Crippen molar-refractivity contribution in [3.63, 3.8) is 0 Å². The van der Waals surface area contributed by atoms with Gasteiger partial charge in [-0.25, -0.2) is 9.97 Å². The predicted octanol–water partition coefficient (Wildman–Crippen LogP) is -0.340. The fraction of sp³-hybridized carbons (Fsp3) is 0.462. The molecular weight excluding hydrogens is 310 g/mol. The van der Waals surface area contributed by atoms with Gasteiger partial charge in [0.2, 0.25) is 5.95 Å². The van der Waals surface area contributed by atoms with E-state index in [9.17, 15) is 10.2 Å². The number of anilines is 1. The number of rotatable bonds is 2. The zero-order valence-electron chi connectivity index (χ0n) is 11.6. The molecule has 9 heteroatoms. The van der Waals surface area contributed by atoms with Gasteiger partial charge in [0.15, 0.2) is 16.7 Å². The molecule has 1 saturated heterocycles. The number of aliphatic hydroxyl groups excluding tert-OH is 2. The van der Waals surface area contributed by atoms with Gasteiger partial charge in [-0.05, 0) is 6.92 Å². The summed E-state index contributed by atoms with van der Waals surface area (Å²) in [5, 5.41) is 19.7. The van der Waals surface area contributed by atoms with E-state index in [1.807, 2.05) is 0 Å². The van der Waals surface area contributed by atoms with Crippen LogP contribution in [-0.2, 0) is 4.74 Å². The molecule has 1 aliphatic rings. The fourth-order valence-electron chi connectivity index (χ4n) is 2.51. The lowest BCUT2D eigenvalue weighted by Gasteiger charge is -2.25. The molecule has 0 saturated carbocycles. The molecule has 0 bridgehead atoms. The second-order valence-corrected chi connectivity index (χ2v) is 5.51. The highest BCUT2D eigenvalue weighted by Gasteiger charge is 2.55. The lowest BCUT2D eigenvalue weighted by Crippen LogP contribution is -2.41. The van der Waals surface area contributed by atoms with Crippen molar-refractivity contribution < 1.29 is 14.9 Å². The first-order chi connectivity index (χ1) is 10.5. The number of nitrogens with two attached hydrogens (primary N) is 1. The lowest BCUT2D eigenvalue weighted by molar-refractivity contribution is -0.0436. The third-order valence-corrected chi connectivity index (χ3v) is 4.03. The second kappa shape index (κ2) is 5.37. The van der Waals surface area contributed by atoms with E-state index in [1.54, 1.807) is 6.92 Å². The Morgan fingerprint density at radius 3 is 3.00 bits per heavy atom. The highest BCUT2D eigenvalue weighted by atomic mass is 35.5. The van der Waals surface area contributed by atoms with Crippen LogP contribution in [0.2, 0.25) is 0 Å². The smallest absolute Gasteiger partial charge is 0.222 e. The van der Waals surface area contributed by atoms with Crippen LogP contribution >= 0.6 is 11.6 Å². The number of imidazole rings is 1. The molecule has 1 unspecified atom stereocenters. The molecule has 2 aromatic heterocycles. The van der Waals surface area contributed by atoms with Gasteiger partial charge >= 0.3 is 0 Å². The van der Waals surface area contributed by atoms with Gasteiger partial charge in [0.1, 0.15) is 17.7 Å². The topological polar surface area (TPSA) is 119 Å². The van der Waals surface area contributed by atoms with Crippen molar-refractivity contribution in [1.82, 2.24) is 19.5 Å². The molecule has 4 atom stereocenters. The van der Waals surface area contributed by atoms with E-state index >= 15 is 0 Å². The summed E-state index contributed by atoms with van der Waals surface area (Å²) in [7, 11) is 0. The first kappa shape index (κ1) is 15.0. The molecule has 3 heterocycles.